The molecule has 3 rings (SSSR count). The molecule has 26 heavy (non-hydrogen) atoms. The van der Waals surface area contributed by atoms with E-state index in [1.807, 2.05) is 25.1 Å². The highest BCUT2D eigenvalue weighted by molar-refractivity contribution is 9.10. The summed E-state index contributed by atoms with van der Waals surface area (Å²) in [6.07, 6.45) is 1.65. The van der Waals surface area contributed by atoms with Gasteiger partial charge in [0.1, 0.15) is 23.9 Å². The van der Waals surface area contributed by atoms with Crippen molar-refractivity contribution in [3.05, 3.63) is 57.3 Å². The summed E-state index contributed by atoms with van der Waals surface area (Å²) in [4.78, 5) is 23.8. The van der Waals surface area contributed by atoms with E-state index in [4.69, 9.17) is 14.2 Å². The lowest BCUT2D eigenvalue weighted by atomic mass is 10.0. The maximum absolute atomic E-state index is 12.7. The van der Waals surface area contributed by atoms with Gasteiger partial charge in [0.15, 0.2) is 11.5 Å². The predicted octanol–water partition coefficient (Wildman–Crippen LogP) is 4.35. The lowest BCUT2D eigenvalue weighted by Gasteiger charge is -2.07. The van der Waals surface area contributed by atoms with E-state index in [1.165, 1.54) is 6.92 Å². The molecular weight excluding hydrogens is 400 g/mol. The molecule has 0 aliphatic carbocycles. The van der Waals surface area contributed by atoms with Gasteiger partial charge in [-0.1, -0.05) is 15.9 Å². The molecule has 5 nitrogen and oxygen atoms in total. The van der Waals surface area contributed by atoms with Crippen LogP contribution in [0.2, 0.25) is 0 Å². The summed E-state index contributed by atoms with van der Waals surface area (Å²) >= 11 is 3.41. The van der Waals surface area contributed by atoms with Crippen LogP contribution in [0.1, 0.15) is 28.4 Å². The van der Waals surface area contributed by atoms with Crippen molar-refractivity contribution in [2.24, 2.45) is 0 Å². The summed E-state index contributed by atoms with van der Waals surface area (Å²) in [5, 5.41) is 0. The Bertz CT molecular complexity index is 930. The Labute approximate surface area is 159 Å². The Morgan fingerprint density at radius 1 is 1.27 bits per heavy atom. The van der Waals surface area contributed by atoms with E-state index < -0.39 is 0 Å². The smallest absolute Gasteiger partial charge is 0.232 e. The molecule has 0 unspecified atom stereocenters. The minimum absolute atomic E-state index is 0.0237. The van der Waals surface area contributed by atoms with Gasteiger partial charge >= 0.3 is 0 Å². The van der Waals surface area contributed by atoms with Crippen LogP contribution >= 0.6 is 15.9 Å². The van der Waals surface area contributed by atoms with E-state index >= 15 is 0 Å². The number of fused-ring (bicyclic) bond motifs is 1. The van der Waals surface area contributed by atoms with Gasteiger partial charge in [-0.3, -0.25) is 9.59 Å². The second kappa shape index (κ2) is 7.33. The number of ether oxygens (including phenoxy) is 3. The first kappa shape index (κ1) is 18.2. The van der Waals surface area contributed by atoms with Crippen molar-refractivity contribution in [2.45, 2.75) is 13.8 Å². The molecule has 6 heteroatoms. The Morgan fingerprint density at radius 3 is 2.73 bits per heavy atom. The number of carbonyl (C=O) groups excluding carboxylic acids is 2. The highest BCUT2D eigenvalue weighted by Crippen LogP contribution is 2.38. The molecule has 1 aliphatic heterocycles. The fourth-order valence-electron chi connectivity index (χ4n) is 2.70. The van der Waals surface area contributed by atoms with Gasteiger partial charge in [0.2, 0.25) is 5.78 Å². The van der Waals surface area contributed by atoms with Gasteiger partial charge in [-0.2, -0.15) is 0 Å². The highest BCUT2D eigenvalue weighted by atomic mass is 79.9. The van der Waals surface area contributed by atoms with Crippen LogP contribution in [0.5, 0.6) is 17.2 Å². The molecule has 0 amide bonds. The third-order valence-corrected chi connectivity index (χ3v) is 4.36. The average molecular weight is 417 g/mol. The molecule has 134 valence electrons. The van der Waals surface area contributed by atoms with Crippen LogP contribution in [0.3, 0.4) is 0 Å². The standard InChI is InChI=1S/C20H17BrO5/c1-11-6-15(25-10-12(2)22)9-17-19(11)20(23)18(26-17)8-13-7-14(21)4-5-16(13)24-3/h4-9H,10H2,1-3H3/b18-8-. The van der Waals surface area contributed by atoms with Gasteiger partial charge in [0.05, 0.1) is 12.7 Å². The molecule has 2 aromatic carbocycles. The maximum atomic E-state index is 12.7. The van der Waals surface area contributed by atoms with Gasteiger partial charge in [-0.05, 0) is 49.8 Å². The number of carbonyl (C=O) groups is 2. The monoisotopic (exact) mass is 416 g/mol. The van der Waals surface area contributed by atoms with E-state index in [-0.39, 0.29) is 23.9 Å². The molecule has 0 bridgehead atoms. The quantitative estimate of drug-likeness (QED) is 0.677. The fourth-order valence-corrected chi connectivity index (χ4v) is 3.08. The Morgan fingerprint density at radius 2 is 2.04 bits per heavy atom. The summed E-state index contributed by atoms with van der Waals surface area (Å²) < 4.78 is 17.4. The Balaban J connectivity index is 1.96. The molecule has 0 atom stereocenters. The molecule has 0 spiro atoms. The molecule has 0 aromatic heterocycles. The summed E-state index contributed by atoms with van der Waals surface area (Å²) in [7, 11) is 1.57. The summed E-state index contributed by atoms with van der Waals surface area (Å²) in [5.74, 6) is 1.48. The van der Waals surface area contributed by atoms with Gasteiger partial charge in [0.25, 0.3) is 0 Å². The second-order valence-electron chi connectivity index (χ2n) is 5.93. The number of Topliss-reactive ketones (excluding diaryl/α,β-unsaturated/α-hetero) is 2. The summed E-state index contributed by atoms with van der Waals surface area (Å²) in [6.45, 7) is 3.24. The molecule has 1 aliphatic rings. The number of ketones is 2. The average Bonchev–Trinajstić information content (AvgIpc) is 2.89. The van der Waals surface area contributed by atoms with E-state index in [0.717, 1.165) is 15.6 Å². The molecule has 2 aromatic rings. The van der Waals surface area contributed by atoms with Gasteiger partial charge < -0.3 is 14.2 Å². The van der Waals surface area contributed by atoms with Crippen molar-refractivity contribution < 1.29 is 23.8 Å². The Kier molecular flexibility index (Phi) is 5.13. The first-order valence-electron chi connectivity index (χ1n) is 7.93. The van der Waals surface area contributed by atoms with Crippen LogP contribution in [0, 0.1) is 6.92 Å². The van der Waals surface area contributed by atoms with Crippen molar-refractivity contribution >= 4 is 33.6 Å². The number of methoxy groups -OCH3 is 1. The van der Waals surface area contributed by atoms with Crippen LogP contribution in [-0.4, -0.2) is 25.3 Å². The third-order valence-electron chi connectivity index (χ3n) is 3.86. The topological polar surface area (TPSA) is 61.8 Å². The number of rotatable bonds is 5. The van der Waals surface area contributed by atoms with Crippen molar-refractivity contribution in [1.29, 1.82) is 0 Å². The van der Waals surface area contributed by atoms with Crippen molar-refractivity contribution in [3.63, 3.8) is 0 Å². The zero-order chi connectivity index (χ0) is 18.8. The minimum Gasteiger partial charge on any atom is -0.496 e. The zero-order valence-corrected chi connectivity index (χ0v) is 16.2. The first-order chi connectivity index (χ1) is 12.4. The second-order valence-corrected chi connectivity index (χ2v) is 6.85. The van der Waals surface area contributed by atoms with Crippen molar-refractivity contribution in [3.8, 4) is 17.2 Å². The third kappa shape index (κ3) is 3.65. The van der Waals surface area contributed by atoms with Crippen LogP contribution in [0.15, 0.2) is 40.6 Å². The fraction of sp³-hybridized carbons (Fsp3) is 0.200. The number of halogens is 1. The number of aryl methyl sites for hydroxylation is 1. The normalized spacial score (nSPS) is 14.2. The van der Waals surface area contributed by atoms with E-state index in [9.17, 15) is 9.59 Å². The van der Waals surface area contributed by atoms with E-state index in [2.05, 4.69) is 15.9 Å². The maximum Gasteiger partial charge on any atom is 0.232 e. The Hall–Kier alpha value is -2.60. The lowest BCUT2D eigenvalue weighted by molar-refractivity contribution is -0.118. The van der Waals surface area contributed by atoms with E-state index in [1.54, 1.807) is 25.3 Å². The van der Waals surface area contributed by atoms with Crippen LogP contribution < -0.4 is 14.2 Å². The number of hydrogen-bond acceptors (Lipinski definition) is 5. The minimum atomic E-state index is -0.197. The number of benzene rings is 2. The van der Waals surface area contributed by atoms with Crippen LogP contribution in [-0.2, 0) is 4.79 Å². The molecule has 0 fully saturated rings. The van der Waals surface area contributed by atoms with Crippen molar-refractivity contribution in [2.75, 3.05) is 13.7 Å². The number of hydrogen-bond donors (Lipinski definition) is 0. The summed E-state index contributed by atoms with van der Waals surface area (Å²) in [5.41, 5.74) is 1.96. The SMILES string of the molecule is COc1ccc(Br)cc1/C=C1\Oc2cc(OCC(C)=O)cc(C)c2C1=O. The zero-order valence-electron chi connectivity index (χ0n) is 14.6. The van der Waals surface area contributed by atoms with E-state index in [0.29, 0.717) is 22.8 Å². The van der Waals surface area contributed by atoms with Gasteiger partial charge in [0, 0.05) is 16.1 Å². The predicted molar refractivity (Wildman–Crippen MR) is 101 cm³/mol. The number of allylic oxidation sites excluding steroid dienone is 1. The van der Waals surface area contributed by atoms with Crippen LogP contribution in [0.4, 0.5) is 0 Å². The molecule has 0 saturated heterocycles. The molecule has 1 heterocycles. The first-order valence-corrected chi connectivity index (χ1v) is 8.73. The largest absolute Gasteiger partial charge is 0.496 e. The molecule has 0 radical (unpaired) electrons. The molecule has 0 saturated carbocycles. The van der Waals surface area contributed by atoms with Crippen molar-refractivity contribution in [1.82, 2.24) is 0 Å². The van der Waals surface area contributed by atoms with Crippen LogP contribution in [0.25, 0.3) is 6.08 Å². The van der Waals surface area contributed by atoms with Gasteiger partial charge in [-0.15, -0.1) is 0 Å². The summed E-state index contributed by atoms with van der Waals surface area (Å²) in [6, 6.07) is 8.87. The lowest BCUT2D eigenvalue weighted by Crippen LogP contribution is -2.06. The highest BCUT2D eigenvalue weighted by Gasteiger charge is 2.30. The van der Waals surface area contributed by atoms with Gasteiger partial charge in [-0.25, -0.2) is 0 Å². The molecular formula is C20H17BrO5. The molecule has 0 N–H and O–H groups in total.